The average molecular weight is 366 g/mol. The minimum atomic E-state index is -0.306. The number of aromatic nitrogens is 1. The maximum atomic E-state index is 12.1. The molecule has 0 aliphatic rings. The second kappa shape index (κ2) is 7.80. The topological polar surface area (TPSA) is 71.1 Å². The molecule has 2 amide bonds. The number of fused-ring (bicyclic) bond motifs is 1. The molecule has 130 valence electrons. The highest BCUT2D eigenvalue weighted by Crippen LogP contribution is 2.22. The van der Waals surface area contributed by atoms with Gasteiger partial charge in [-0.2, -0.15) is 0 Å². The van der Waals surface area contributed by atoms with Crippen LogP contribution in [0.25, 0.3) is 17.0 Å². The normalized spacial score (nSPS) is 10.8. The highest BCUT2D eigenvalue weighted by atomic mass is 35.5. The summed E-state index contributed by atoms with van der Waals surface area (Å²) in [5.41, 5.74) is 2.01. The van der Waals surface area contributed by atoms with Gasteiger partial charge in [0.05, 0.1) is 10.5 Å². The van der Waals surface area contributed by atoms with Gasteiger partial charge in [-0.1, -0.05) is 35.9 Å². The molecular weight excluding hydrogens is 350 g/mol. The van der Waals surface area contributed by atoms with Crippen molar-refractivity contribution in [2.75, 3.05) is 12.4 Å². The number of benzene rings is 2. The van der Waals surface area contributed by atoms with Gasteiger partial charge < -0.3 is 10.6 Å². The average Bonchev–Trinajstić information content (AvgIpc) is 2.67. The van der Waals surface area contributed by atoms with Gasteiger partial charge in [0.25, 0.3) is 5.91 Å². The van der Waals surface area contributed by atoms with Gasteiger partial charge in [-0.3, -0.25) is 9.59 Å². The summed E-state index contributed by atoms with van der Waals surface area (Å²) in [5.74, 6) is -0.0335. The van der Waals surface area contributed by atoms with Crippen molar-refractivity contribution in [3.05, 3.63) is 76.8 Å². The molecule has 2 N–H and O–H groups in total. The minimum Gasteiger partial charge on any atom is -0.355 e. The molecule has 0 aliphatic heterocycles. The SMILES string of the molecule is CNC(=O)c1ccc(/C=C/C(=O)Nc2ccc3cccc(Cl)c3n2)cc1. The van der Waals surface area contributed by atoms with Crippen LogP contribution in [-0.4, -0.2) is 23.8 Å². The summed E-state index contributed by atoms with van der Waals surface area (Å²) >= 11 is 6.13. The molecule has 1 aromatic heterocycles. The zero-order chi connectivity index (χ0) is 18.5. The van der Waals surface area contributed by atoms with Crippen LogP contribution in [-0.2, 0) is 4.79 Å². The van der Waals surface area contributed by atoms with E-state index in [1.54, 1.807) is 49.5 Å². The number of amides is 2. The first kappa shape index (κ1) is 17.6. The van der Waals surface area contributed by atoms with Crippen molar-refractivity contribution in [1.29, 1.82) is 0 Å². The zero-order valence-electron chi connectivity index (χ0n) is 14.0. The Balaban J connectivity index is 1.69. The number of halogens is 1. The molecule has 2 aromatic carbocycles. The van der Waals surface area contributed by atoms with E-state index in [0.29, 0.717) is 21.9 Å². The number of hydrogen-bond donors (Lipinski definition) is 2. The fourth-order valence-corrected chi connectivity index (χ4v) is 2.63. The molecule has 0 radical (unpaired) electrons. The van der Waals surface area contributed by atoms with Crippen molar-refractivity contribution in [3.63, 3.8) is 0 Å². The second-order valence-corrected chi connectivity index (χ2v) is 5.94. The minimum absolute atomic E-state index is 0.153. The molecule has 0 bridgehead atoms. The van der Waals surface area contributed by atoms with Gasteiger partial charge in [0, 0.05) is 24.1 Å². The summed E-state index contributed by atoms with van der Waals surface area (Å²) in [6, 6.07) is 16.0. The fraction of sp³-hybridized carbons (Fsp3) is 0.0500. The monoisotopic (exact) mass is 365 g/mol. The predicted octanol–water partition coefficient (Wildman–Crippen LogP) is 3.90. The Morgan fingerprint density at radius 1 is 1.04 bits per heavy atom. The first-order valence-corrected chi connectivity index (χ1v) is 8.31. The first-order chi connectivity index (χ1) is 12.6. The number of nitrogens with one attached hydrogen (secondary N) is 2. The van der Waals surface area contributed by atoms with E-state index in [9.17, 15) is 9.59 Å². The Morgan fingerprint density at radius 2 is 1.81 bits per heavy atom. The Bertz CT molecular complexity index is 998. The van der Waals surface area contributed by atoms with Crippen LogP contribution in [0.1, 0.15) is 15.9 Å². The maximum Gasteiger partial charge on any atom is 0.251 e. The number of carbonyl (C=O) groups is 2. The number of hydrogen-bond acceptors (Lipinski definition) is 3. The lowest BCUT2D eigenvalue weighted by Crippen LogP contribution is -2.17. The largest absolute Gasteiger partial charge is 0.355 e. The fourth-order valence-electron chi connectivity index (χ4n) is 2.41. The van der Waals surface area contributed by atoms with Crippen LogP contribution >= 0.6 is 11.6 Å². The van der Waals surface area contributed by atoms with E-state index < -0.39 is 0 Å². The molecule has 1 heterocycles. The quantitative estimate of drug-likeness (QED) is 0.689. The van der Waals surface area contributed by atoms with Crippen molar-refractivity contribution >= 4 is 46.2 Å². The maximum absolute atomic E-state index is 12.1. The van der Waals surface area contributed by atoms with E-state index in [0.717, 1.165) is 10.9 Å². The molecular formula is C20H16ClN3O2. The van der Waals surface area contributed by atoms with Gasteiger partial charge in [-0.05, 0) is 42.0 Å². The van der Waals surface area contributed by atoms with E-state index in [1.807, 2.05) is 18.2 Å². The van der Waals surface area contributed by atoms with Crippen molar-refractivity contribution in [2.24, 2.45) is 0 Å². The lowest BCUT2D eigenvalue weighted by Gasteiger charge is -2.04. The molecule has 5 nitrogen and oxygen atoms in total. The Hall–Kier alpha value is -3.18. The van der Waals surface area contributed by atoms with Crippen LogP contribution in [0.3, 0.4) is 0 Å². The molecule has 0 saturated carbocycles. The molecule has 0 spiro atoms. The number of anilines is 1. The molecule has 26 heavy (non-hydrogen) atoms. The van der Waals surface area contributed by atoms with Gasteiger partial charge in [-0.15, -0.1) is 0 Å². The van der Waals surface area contributed by atoms with E-state index in [4.69, 9.17) is 11.6 Å². The summed E-state index contributed by atoms with van der Waals surface area (Å²) in [6.45, 7) is 0. The number of nitrogens with zero attached hydrogens (tertiary/aromatic N) is 1. The number of para-hydroxylation sites is 1. The number of carbonyl (C=O) groups excluding carboxylic acids is 2. The smallest absolute Gasteiger partial charge is 0.251 e. The van der Waals surface area contributed by atoms with Crippen LogP contribution in [0, 0.1) is 0 Å². The van der Waals surface area contributed by atoms with Crippen LogP contribution in [0.4, 0.5) is 5.82 Å². The molecule has 0 saturated heterocycles. The van der Waals surface area contributed by atoms with Crippen LogP contribution in [0.15, 0.2) is 60.7 Å². The lowest BCUT2D eigenvalue weighted by molar-refractivity contribution is -0.111. The number of rotatable bonds is 4. The Kier molecular flexibility index (Phi) is 5.29. The first-order valence-electron chi connectivity index (χ1n) is 7.93. The third kappa shape index (κ3) is 4.07. The molecule has 3 aromatic rings. The van der Waals surface area contributed by atoms with Gasteiger partial charge >= 0.3 is 0 Å². The molecule has 0 unspecified atom stereocenters. The van der Waals surface area contributed by atoms with Crippen molar-refractivity contribution < 1.29 is 9.59 Å². The predicted molar refractivity (Wildman–Crippen MR) is 104 cm³/mol. The standard InChI is InChI=1S/C20H16ClN3O2/c1-22-20(26)15-8-5-13(6-9-15)7-12-18(25)23-17-11-10-14-3-2-4-16(21)19(14)24-17/h2-12H,1H3,(H,22,26)(H,23,24,25)/b12-7+. The summed E-state index contributed by atoms with van der Waals surface area (Å²) in [5, 5.41) is 6.71. The van der Waals surface area contributed by atoms with Crippen molar-refractivity contribution in [3.8, 4) is 0 Å². The van der Waals surface area contributed by atoms with E-state index >= 15 is 0 Å². The van der Waals surface area contributed by atoms with Crippen LogP contribution in [0.5, 0.6) is 0 Å². The van der Waals surface area contributed by atoms with E-state index in [2.05, 4.69) is 15.6 Å². The summed E-state index contributed by atoms with van der Waals surface area (Å²) in [7, 11) is 1.58. The number of pyridine rings is 1. The Morgan fingerprint density at radius 3 is 2.54 bits per heavy atom. The van der Waals surface area contributed by atoms with Crippen molar-refractivity contribution in [1.82, 2.24) is 10.3 Å². The summed E-state index contributed by atoms with van der Waals surface area (Å²) in [6.07, 6.45) is 3.07. The van der Waals surface area contributed by atoms with Crippen LogP contribution < -0.4 is 10.6 Å². The van der Waals surface area contributed by atoms with Crippen molar-refractivity contribution in [2.45, 2.75) is 0 Å². The molecule has 0 atom stereocenters. The van der Waals surface area contributed by atoms with Crippen LogP contribution in [0.2, 0.25) is 5.02 Å². The molecule has 3 rings (SSSR count). The third-order valence-electron chi connectivity index (χ3n) is 3.75. The van der Waals surface area contributed by atoms with Gasteiger partial charge in [0.2, 0.25) is 5.91 Å². The van der Waals surface area contributed by atoms with Gasteiger partial charge in [0.1, 0.15) is 5.82 Å². The summed E-state index contributed by atoms with van der Waals surface area (Å²) < 4.78 is 0. The van der Waals surface area contributed by atoms with E-state index in [1.165, 1.54) is 6.08 Å². The molecule has 6 heteroatoms. The van der Waals surface area contributed by atoms with Gasteiger partial charge in [0.15, 0.2) is 0 Å². The third-order valence-corrected chi connectivity index (χ3v) is 4.05. The summed E-state index contributed by atoms with van der Waals surface area (Å²) in [4.78, 5) is 28.0. The molecule has 0 fully saturated rings. The highest BCUT2D eigenvalue weighted by molar-refractivity contribution is 6.35. The second-order valence-electron chi connectivity index (χ2n) is 5.53. The lowest BCUT2D eigenvalue weighted by atomic mass is 10.1. The van der Waals surface area contributed by atoms with E-state index in [-0.39, 0.29) is 11.8 Å². The molecule has 0 aliphatic carbocycles. The highest BCUT2D eigenvalue weighted by Gasteiger charge is 2.05. The van der Waals surface area contributed by atoms with Gasteiger partial charge in [-0.25, -0.2) is 4.98 Å². The Labute approximate surface area is 155 Å². The zero-order valence-corrected chi connectivity index (χ0v) is 14.7.